The van der Waals surface area contributed by atoms with E-state index in [9.17, 15) is 0 Å². The van der Waals surface area contributed by atoms with E-state index in [0.717, 1.165) is 32.1 Å². The first-order valence-electron chi connectivity index (χ1n) is 8.26. The van der Waals surface area contributed by atoms with E-state index in [4.69, 9.17) is 5.73 Å². The Morgan fingerprint density at radius 1 is 1.10 bits per heavy atom. The molecule has 0 radical (unpaired) electrons. The SMILES string of the molecule is CCN1CCN(CC(C)CN=C(N)N2CCSCC2)CC1. The molecule has 6 heteroatoms. The van der Waals surface area contributed by atoms with Crippen LogP contribution < -0.4 is 5.73 Å². The van der Waals surface area contributed by atoms with E-state index in [1.54, 1.807) is 0 Å². The average molecular weight is 314 g/mol. The molecule has 122 valence electrons. The van der Waals surface area contributed by atoms with Crippen molar-refractivity contribution in [1.29, 1.82) is 0 Å². The lowest BCUT2D eigenvalue weighted by molar-refractivity contribution is 0.125. The Morgan fingerprint density at radius 2 is 1.71 bits per heavy atom. The van der Waals surface area contributed by atoms with E-state index >= 15 is 0 Å². The van der Waals surface area contributed by atoms with Crippen molar-refractivity contribution in [3.8, 4) is 0 Å². The quantitative estimate of drug-likeness (QED) is 0.596. The molecule has 0 aliphatic carbocycles. The molecule has 2 heterocycles. The van der Waals surface area contributed by atoms with Crippen molar-refractivity contribution in [2.45, 2.75) is 13.8 Å². The summed E-state index contributed by atoms with van der Waals surface area (Å²) >= 11 is 2.00. The number of nitrogens with zero attached hydrogens (tertiary/aromatic N) is 4. The Morgan fingerprint density at radius 3 is 2.33 bits per heavy atom. The fourth-order valence-electron chi connectivity index (χ4n) is 2.93. The number of piperazine rings is 1. The molecule has 2 rings (SSSR count). The van der Waals surface area contributed by atoms with E-state index in [2.05, 4.69) is 33.5 Å². The average Bonchev–Trinajstić information content (AvgIpc) is 2.54. The fourth-order valence-corrected chi connectivity index (χ4v) is 3.83. The third-order valence-corrected chi connectivity index (χ3v) is 5.32. The number of thioether (sulfide) groups is 1. The molecule has 0 aromatic rings. The minimum absolute atomic E-state index is 0.580. The summed E-state index contributed by atoms with van der Waals surface area (Å²) in [7, 11) is 0. The van der Waals surface area contributed by atoms with Gasteiger partial charge in [-0.1, -0.05) is 13.8 Å². The molecule has 0 bridgehead atoms. The van der Waals surface area contributed by atoms with E-state index in [1.807, 2.05) is 11.8 Å². The highest BCUT2D eigenvalue weighted by atomic mass is 32.2. The Labute approximate surface area is 133 Å². The van der Waals surface area contributed by atoms with Gasteiger partial charge in [-0.25, -0.2) is 0 Å². The fraction of sp³-hybridized carbons (Fsp3) is 0.933. The van der Waals surface area contributed by atoms with E-state index in [1.165, 1.54) is 44.2 Å². The van der Waals surface area contributed by atoms with Crippen LogP contribution in [0.4, 0.5) is 0 Å². The standard InChI is InChI=1S/C15H31N5S/c1-3-18-4-6-19(7-5-18)13-14(2)12-17-15(16)20-8-10-21-11-9-20/h14H,3-13H2,1-2H3,(H2,16,17). The van der Waals surface area contributed by atoms with Crippen LogP contribution >= 0.6 is 11.8 Å². The van der Waals surface area contributed by atoms with Gasteiger partial charge in [0.15, 0.2) is 5.96 Å². The van der Waals surface area contributed by atoms with Gasteiger partial charge in [-0.3, -0.25) is 4.99 Å². The monoisotopic (exact) mass is 313 g/mol. The Hall–Kier alpha value is -0.460. The van der Waals surface area contributed by atoms with Gasteiger partial charge in [-0.05, 0) is 12.5 Å². The lowest BCUT2D eigenvalue weighted by Gasteiger charge is -2.35. The maximum atomic E-state index is 6.11. The van der Waals surface area contributed by atoms with Gasteiger partial charge in [0.05, 0.1) is 0 Å². The summed E-state index contributed by atoms with van der Waals surface area (Å²) in [6.07, 6.45) is 0. The van der Waals surface area contributed by atoms with Crippen LogP contribution in [-0.2, 0) is 0 Å². The predicted molar refractivity (Wildman–Crippen MR) is 93.1 cm³/mol. The summed E-state index contributed by atoms with van der Waals surface area (Å²) in [5, 5.41) is 0. The highest BCUT2D eigenvalue weighted by molar-refractivity contribution is 7.99. The summed E-state index contributed by atoms with van der Waals surface area (Å²) in [5.74, 6) is 3.68. The number of rotatable bonds is 5. The van der Waals surface area contributed by atoms with Crippen molar-refractivity contribution in [2.75, 3.05) is 70.4 Å². The van der Waals surface area contributed by atoms with E-state index in [0.29, 0.717) is 5.92 Å². The van der Waals surface area contributed by atoms with E-state index in [-0.39, 0.29) is 0 Å². The van der Waals surface area contributed by atoms with Crippen LogP contribution in [0.15, 0.2) is 4.99 Å². The molecule has 21 heavy (non-hydrogen) atoms. The largest absolute Gasteiger partial charge is 0.370 e. The molecule has 2 aliphatic heterocycles. The third-order valence-electron chi connectivity index (χ3n) is 4.38. The lowest BCUT2D eigenvalue weighted by Crippen LogP contribution is -2.47. The van der Waals surface area contributed by atoms with Gasteiger partial charge in [-0.15, -0.1) is 0 Å². The van der Waals surface area contributed by atoms with Crippen LogP contribution in [0.2, 0.25) is 0 Å². The van der Waals surface area contributed by atoms with Gasteiger partial charge < -0.3 is 20.4 Å². The molecular formula is C15H31N5S. The van der Waals surface area contributed by atoms with Gasteiger partial charge in [0.25, 0.3) is 0 Å². The van der Waals surface area contributed by atoms with Crippen LogP contribution in [0.25, 0.3) is 0 Å². The summed E-state index contributed by atoms with van der Waals surface area (Å²) < 4.78 is 0. The molecule has 0 spiro atoms. The first-order chi connectivity index (χ1) is 10.2. The van der Waals surface area contributed by atoms with Gasteiger partial charge in [0.2, 0.25) is 0 Å². The molecule has 0 aromatic carbocycles. The van der Waals surface area contributed by atoms with Crippen molar-refractivity contribution in [1.82, 2.24) is 14.7 Å². The number of aliphatic imine (C=N–C) groups is 1. The van der Waals surface area contributed by atoms with Gasteiger partial charge >= 0.3 is 0 Å². The molecule has 2 saturated heterocycles. The van der Waals surface area contributed by atoms with Crippen molar-refractivity contribution in [2.24, 2.45) is 16.6 Å². The van der Waals surface area contributed by atoms with Crippen LogP contribution in [0.5, 0.6) is 0 Å². The first-order valence-corrected chi connectivity index (χ1v) is 9.41. The van der Waals surface area contributed by atoms with Gasteiger partial charge in [0, 0.05) is 63.9 Å². The molecule has 2 aliphatic rings. The second-order valence-electron chi connectivity index (χ2n) is 6.14. The van der Waals surface area contributed by atoms with Crippen molar-refractivity contribution >= 4 is 17.7 Å². The van der Waals surface area contributed by atoms with Crippen LogP contribution in [0, 0.1) is 5.92 Å². The number of nitrogens with two attached hydrogens (primary N) is 1. The van der Waals surface area contributed by atoms with Crippen molar-refractivity contribution in [3.05, 3.63) is 0 Å². The summed E-state index contributed by atoms with van der Waals surface area (Å²) in [6, 6.07) is 0. The zero-order valence-corrected chi connectivity index (χ0v) is 14.4. The number of likely N-dealkylation sites (N-methyl/N-ethyl adjacent to an activating group) is 1. The lowest BCUT2D eigenvalue weighted by atomic mass is 10.1. The van der Waals surface area contributed by atoms with E-state index < -0.39 is 0 Å². The zero-order valence-electron chi connectivity index (χ0n) is 13.6. The van der Waals surface area contributed by atoms with Crippen LogP contribution in [-0.4, -0.2) is 91.1 Å². The highest BCUT2D eigenvalue weighted by Gasteiger charge is 2.17. The Kier molecular flexibility index (Phi) is 7.13. The van der Waals surface area contributed by atoms with Crippen molar-refractivity contribution in [3.63, 3.8) is 0 Å². The molecule has 1 atom stereocenters. The maximum Gasteiger partial charge on any atom is 0.191 e. The second kappa shape index (κ2) is 8.86. The molecule has 2 N–H and O–H groups in total. The minimum Gasteiger partial charge on any atom is -0.370 e. The molecule has 0 saturated carbocycles. The zero-order chi connectivity index (χ0) is 15.1. The van der Waals surface area contributed by atoms with Gasteiger partial charge in [0.1, 0.15) is 0 Å². The molecular weight excluding hydrogens is 282 g/mol. The van der Waals surface area contributed by atoms with Crippen LogP contribution in [0.1, 0.15) is 13.8 Å². The number of hydrogen-bond donors (Lipinski definition) is 1. The minimum atomic E-state index is 0.580. The Bertz CT molecular complexity index is 322. The molecule has 0 aromatic heterocycles. The van der Waals surface area contributed by atoms with Crippen molar-refractivity contribution < 1.29 is 0 Å². The highest BCUT2D eigenvalue weighted by Crippen LogP contribution is 2.09. The third kappa shape index (κ3) is 5.68. The summed E-state index contributed by atoms with van der Waals surface area (Å²) in [4.78, 5) is 11.9. The van der Waals surface area contributed by atoms with Crippen LogP contribution in [0.3, 0.4) is 0 Å². The first kappa shape index (κ1) is 16.9. The molecule has 0 amide bonds. The normalized spacial score (nSPS) is 24.3. The van der Waals surface area contributed by atoms with Gasteiger partial charge in [-0.2, -0.15) is 11.8 Å². The molecule has 2 fully saturated rings. The predicted octanol–water partition coefficient (Wildman–Crippen LogP) is 0.624. The summed E-state index contributed by atoms with van der Waals surface area (Å²) in [6.45, 7) is 14.6. The number of guanidine groups is 1. The Balaban J connectivity index is 1.68. The number of hydrogen-bond acceptors (Lipinski definition) is 4. The smallest absolute Gasteiger partial charge is 0.191 e. The second-order valence-corrected chi connectivity index (χ2v) is 7.36. The maximum absolute atomic E-state index is 6.11. The summed E-state index contributed by atoms with van der Waals surface area (Å²) in [5.41, 5.74) is 6.11. The molecule has 5 nitrogen and oxygen atoms in total. The topological polar surface area (TPSA) is 48.1 Å². The molecule has 1 unspecified atom stereocenters.